The fourth-order valence-corrected chi connectivity index (χ4v) is 1.83. The van der Waals surface area contributed by atoms with Gasteiger partial charge in [0, 0.05) is 6.54 Å². The lowest BCUT2D eigenvalue weighted by Gasteiger charge is -2.33. The Morgan fingerprint density at radius 2 is 2.33 bits per heavy atom. The number of alkyl halides is 1. The molecule has 0 radical (unpaired) electrons. The van der Waals surface area contributed by atoms with Gasteiger partial charge in [-0.05, 0) is 26.3 Å². The maximum Gasteiger partial charge on any atom is 0.146 e. The predicted octanol–water partition coefficient (Wildman–Crippen LogP) is 1.40. The molecule has 0 aromatic rings. The molecule has 0 aromatic heterocycles. The van der Waals surface area contributed by atoms with Crippen LogP contribution in [0.4, 0.5) is 4.39 Å². The molecule has 1 fully saturated rings. The van der Waals surface area contributed by atoms with Crippen molar-refractivity contribution in [2.24, 2.45) is 0 Å². The Labute approximate surface area is 72.7 Å². The van der Waals surface area contributed by atoms with Crippen molar-refractivity contribution in [3.05, 3.63) is 0 Å². The molecule has 1 atom stereocenters. The SMILES string of the molecule is CC(=O)C1CCCCN1CCF. The summed E-state index contributed by atoms with van der Waals surface area (Å²) >= 11 is 0. The molecule has 1 rings (SSSR count). The van der Waals surface area contributed by atoms with E-state index in [0.717, 1.165) is 25.8 Å². The monoisotopic (exact) mass is 173 g/mol. The van der Waals surface area contributed by atoms with Crippen LogP contribution in [-0.4, -0.2) is 36.5 Å². The average Bonchev–Trinajstić information content (AvgIpc) is 2.05. The second kappa shape index (κ2) is 4.55. The Bertz CT molecular complexity index is 159. The van der Waals surface area contributed by atoms with E-state index in [1.807, 2.05) is 4.90 Å². The standard InChI is InChI=1S/C9H16FNO/c1-8(12)9-4-2-3-6-11(9)7-5-10/h9H,2-7H2,1H3. The van der Waals surface area contributed by atoms with Crippen molar-refractivity contribution in [2.75, 3.05) is 19.8 Å². The number of piperidine rings is 1. The third-order valence-corrected chi connectivity index (χ3v) is 2.45. The van der Waals surface area contributed by atoms with E-state index in [-0.39, 0.29) is 18.5 Å². The van der Waals surface area contributed by atoms with Crippen LogP contribution in [0.3, 0.4) is 0 Å². The fraction of sp³-hybridized carbons (Fsp3) is 0.889. The largest absolute Gasteiger partial charge is 0.298 e. The summed E-state index contributed by atoms with van der Waals surface area (Å²) in [5.74, 6) is 0.183. The van der Waals surface area contributed by atoms with Gasteiger partial charge >= 0.3 is 0 Å². The van der Waals surface area contributed by atoms with E-state index in [2.05, 4.69) is 0 Å². The summed E-state index contributed by atoms with van der Waals surface area (Å²) in [7, 11) is 0. The van der Waals surface area contributed by atoms with Crippen LogP contribution >= 0.6 is 0 Å². The van der Waals surface area contributed by atoms with Crippen LogP contribution in [-0.2, 0) is 4.79 Å². The summed E-state index contributed by atoms with van der Waals surface area (Å²) in [6, 6.07) is -0.00509. The number of ketones is 1. The number of carbonyl (C=O) groups excluding carboxylic acids is 1. The zero-order valence-corrected chi connectivity index (χ0v) is 7.55. The molecule has 1 heterocycles. The molecule has 0 N–H and O–H groups in total. The molecule has 1 saturated heterocycles. The molecule has 0 aliphatic carbocycles. The van der Waals surface area contributed by atoms with Gasteiger partial charge in [0.25, 0.3) is 0 Å². The van der Waals surface area contributed by atoms with Crippen molar-refractivity contribution in [3.63, 3.8) is 0 Å². The first kappa shape index (κ1) is 9.65. The van der Waals surface area contributed by atoms with Gasteiger partial charge in [-0.3, -0.25) is 9.69 Å². The summed E-state index contributed by atoms with van der Waals surface area (Å²) in [5.41, 5.74) is 0. The molecule has 0 bridgehead atoms. The zero-order valence-electron chi connectivity index (χ0n) is 7.55. The molecule has 0 amide bonds. The maximum absolute atomic E-state index is 12.1. The minimum absolute atomic E-state index is 0.00509. The van der Waals surface area contributed by atoms with Gasteiger partial charge in [0.2, 0.25) is 0 Å². The lowest BCUT2D eigenvalue weighted by Crippen LogP contribution is -2.44. The smallest absolute Gasteiger partial charge is 0.146 e. The number of nitrogens with zero attached hydrogens (tertiary/aromatic N) is 1. The first-order valence-corrected chi connectivity index (χ1v) is 4.56. The Kier molecular flexibility index (Phi) is 3.66. The molecule has 1 aliphatic rings. The molecule has 1 aliphatic heterocycles. The van der Waals surface area contributed by atoms with E-state index >= 15 is 0 Å². The molecule has 70 valence electrons. The lowest BCUT2D eigenvalue weighted by atomic mass is 9.99. The molecule has 2 nitrogen and oxygen atoms in total. The van der Waals surface area contributed by atoms with Crippen molar-refractivity contribution in [1.29, 1.82) is 0 Å². The highest BCUT2D eigenvalue weighted by Crippen LogP contribution is 2.16. The van der Waals surface area contributed by atoms with E-state index < -0.39 is 0 Å². The molecular formula is C9H16FNO. The molecule has 1 unspecified atom stereocenters. The third-order valence-electron chi connectivity index (χ3n) is 2.45. The van der Waals surface area contributed by atoms with Gasteiger partial charge in [0.15, 0.2) is 0 Å². The van der Waals surface area contributed by atoms with Crippen LogP contribution < -0.4 is 0 Å². The lowest BCUT2D eigenvalue weighted by molar-refractivity contribution is -0.123. The highest BCUT2D eigenvalue weighted by Gasteiger charge is 2.24. The van der Waals surface area contributed by atoms with Crippen LogP contribution in [0.5, 0.6) is 0 Å². The maximum atomic E-state index is 12.1. The average molecular weight is 173 g/mol. The molecule has 12 heavy (non-hydrogen) atoms. The summed E-state index contributed by atoms with van der Waals surface area (Å²) in [6.45, 7) is 2.56. The van der Waals surface area contributed by atoms with Gasteiger partial charge in [0.05, 0.1) is 6.04 Å². The summed E-state index contributed by atoms with van der Waals surface area (Å²) in [4.78, 5) is 13.1. The number of rotatable bonds is 3. The Morgan fingerprint density at radius 3 is 2.92 bits per heavy atom. The van der Waals surface area contributed by atoms with Crippen molar-refractivity contribution in [2.45, 2.75) is 32.2 Å². The first-order chi connectivity index (χ1) is 5.75. The van der Waals surface area contributed by atoms with E-state index in [1.54, 1.807) is 6.92 Å². The molecular weight excluding hydrogens is 157 g/mol. The van der Waals surface area contributed by atoms with Crippen molar-refractivity contribution >= 4 is 5.78 Å². The molecule has 0 aromatic carbocycles. The number of carbonyl (C=O) groups is 1. The van der Waals surface area contributed by atoms with E-state index in [1.165, 1.54) is 0 Å². The van der Waals surface area contributed by atoms with E-state index in [9.17, 15) is 9.18 Å². The number of hydrogen-bond acceptors (Lipinski definition) is 2. The van der Waals surface area contributed by atoms with Crippen LogP contribution in [0.2, 0.25) is 0 Å². The van der Waals surface area contributed by atoms with E-state index in [0.29, 0.717) is 6.54 Å². The van der Waals surface area contributed by atoms with Gasteiger partial charge in [-0.25, -0.2) is 4.39 Å². The van der Waals surface area contributed by atoms with Gasteiger partial charge in [-0.2, -0.15) is 0 Å². The quantitative estimate of drug-likeness (QED) is 0.643. The molecule has 3 heteroatoms. The normalized spacial score (nSPS) is 25.7. The summed E-state index contributed by atoms with van der Waals surface area (Å²) in [6.07, 6.45) is 3.12. The second-order valence-electron chi connectivity index (χ2n) is 3.35. The fourth-order valence-electron chi connectivity index (χ4n) is 1.83. The number of halogens is 1. The van der Waals surface area contributed by atoms with Crippen molar-refractivity contribution in [1.82, 2.24) is 4.90 Å². The van der Waals surface area contributed by atoms with Crippen LogP contribution in [0, 0.1) is 0 Å². The molecule has 0 spiro atoms. The van der Waals surface area contributed by atoms with Gasteiger partial charge in [-0.1, -0.05) is 6.42 Å². The van der Waals surface area contributed by atoms with Gasteiger partial charge in [-0.15, -0.1) is 0 Å². The van der Waals surface area contributed by atoms with Crippen LogP contribution in [0.25, 0.3) is 0 Å². The first-order valence-electron chi connectivity index (χ1n) is 4.56. The highest BCUT2D eigenvalue weighted by atomic mass is 19.1. The summed E-state index contributed by atoms with van der Waals surface area (Å²) < 4.78 is 12.1. The van der Waals surface area contributed by atoms with Crippen LogP contribution in [0.15, 0.2) is 0 Å². The van der Waals surface area contributed by atoms with E-state index in [4.69, 9.17) is 0 Å². The van der Waals surface area contributed by atoms with Crippen molar-refractivity contribution in [3.8, 4) is 0 Å². The minimum atomic E-state index is -0.343. The summed E-state index contributed by atoms with van der Waals surface area (Å²) in [5, 5.41) is 0. The van der Waals surface area contributed by atoms with Crippen molar-refractivity contribution < 1.29 is 9.18 Å². The Morgan fingerprint density at radius 1 is 1.58 bits per heavy atom. The zero-order chi connectivity index (χ0) is 8.97. The Balaban J connectivity index is 2.48. The Hall–Kier alpha value is -0.440. The predicted molar refractivity (Wildman–Crippen MR) is 45.9 cm³/mol. The van der Waals surface area contributed by atoms with Gasteiger partial charge < -0.3 is 0 Å². The van der Waals surface area contributed by atoms with Crippen LogP contribution in [0.1, 0.15) is 26.2 Å². The number of Topliss-reactive ketones (excluding diaryl/α,β-unsaturated/α-hetero) is 1. The molecule has 0 saturated carbocycles. The third kappa shape index (κ3) is 2.27. The number of hydrogen-bond donors (Lipinski definition) is 0. The second-order valence-corrected chi connectivity index (χ2v) is 3.35. The van der Waals surface area contributed by atoms with Gasteiger partial charge in [0.1, 0.15) is 12.5 Å². The highest BCUT2D eigenvalue weighted by molar-refractivity contribution is 5.81. The topological polar surface area (TPSA) is 20.3 Å². The number of likely N-dealkylation sites (tertiary alicyclic amines) is 1. The minimum Gasteiger partial charge on any atom is -0.298 e.